The summed E-state index contributed by atoms with van der Waals surface area (Å²) < 4.78 is 39.9. The van der Waals surface area contributed by atoms with Crippen LogP contribution in [0.3, 0.4) is 0 Å². The van der Waals surface area contributed by atoms with Crippen LogP contribution in [0.4, 0.5) is 9.59 Å². The summed E-state index contributed by atoms with van der Waals surface area (Å²) in [6, 6.07) is -3.56. The minimum absolute atomic E-state index is 0.0109. The Morgan fingerprint density at radius 3 is 2.40 bits per heavy atom. The molecule has 15 heteroatoms. The number of carbonyl (C=O) groups excluding carboxylic acids is 4. The van der Waals surface area contributed by atoms with Gasteiger partial charge in [-0.15, -0.1) is 4.28 Å². The van der Waals surface area contributed by atoms with Crippen molar-refractivity contribution in [3.05, 3.63) is 0 Å². The Morgan fingerprint density at radius 1 is 1.20 bits per heavy atom. The van der Waals surface area contributed by atoms with Crippen molar-refractivity contribution in [3.8, 4) is 0 Å². The van der Waals surface area contributed by atoms with Gasteiger partial charge in [0.25, 0.3) is 11.8 Å². The minimum Gasteiger partial charge on any atom is -0.444 e. The van der Waals surface area contributed by atoms with E-state index in [9.17, 15) is 27.6 Å². The quantitative estimate of drug-likeness (QED) is 0.302. The van der Waals surface area contributed by atoms with Crippen LogP contribution in [0.1, 0.15) is 40.5 Å². The first-order valence-electron chi connectivity index (χ1n) is 9.04. The summed E-state index contributed by atoms with van der Waals surface area (Å²) in [5, 5.41) is 2.82. The van der Waals surface area contributed by atoms with Gasteiger partial charge in [-0.05, 0) is 40.5 Å². The van der Waals surface area contributed by atoms with Crippen molar-refractivity contribution in [2.45, 2.75) is 64.3 Å². The smallest absolute Gasteiger partial charge is 0.418 e. The van der Waals surface area contributed by atoms with Crippen LogP contribution in [0.25, 0.3) is 0 Å². The number of hydrogen-bond acceptors (Lipinski definition) is 8. The van der Waals surface area contributed by atoms with Crippen molar-refractivity contribution < 1.29 is 41.2 Å². The predicted octanol–water partition coefficient (Wildman–Crippen LogP) is -0.950. The average molecular weight is 451 g/mol. The third-order valence-corrected chi connectivity index (χ3v) is 4.58. The zero-order chi connectivity index (χ0) is 22.9. The molecular formula is C15H25N5O9S. The summed E-state index contributed by atoms with van der Waals surface area (Å²) in [7, 11) is -4.89. The van der Waals surface area contributed by atoms with Crippen LogP contribution in [0.2, 0.25) is 0 Å². The maximum Gasteiger partial charge on any atom is 0.418 e. The van der Waals surface area contributed by atoms with Gasteiger partial charge in [0, 0.05) is 6.54 Å². The Labute approximate surface area is 173 Å². The van der Waals surface area contributed by atoms with Gasteiger partial charge in [-0.3, -0.25) is 25.0 Å². The monoisotopic (exact) mass is 451 g/mol. The van der Waals surface area contributed by atoms with Gasteiger partial charge in [0.1, 0.15) is 17.7 Å². The lowest BCUT2D eigenvalue weighted by Crippen LogP contribution is -2.57. The van der Waals surface area contributed by atoms with Crippen molar-refractivity contribution >= 4 is 34.3 Å². The molecule has 30 heavy (non-hydrogen) atoms. The van der Waals surface area contributed by atoms with Gasteiger partial charge in [-0.1, -0.05) is 0 Å². The number of amides is 5. The fourth-order valence-electron chi connectivity index (χ4n) is 2.97. The van der Waals surface area contributed by atoms with Gasteiger partial charge in [-0.25, -0.2) is 9.59 Å². The second-order valence-corrected chi connectivity index (χ2v) is 8.86. The molecule has 0 aromatic heterocycles. The highest BCUT2D eigenvalue weighted by Gasteiger charge is 2.49. The van der Waals surface area contributed by atoms with E-state index in [-0.39, 0.29) is 19.4 Å². The fourth-order valence-corrected chi connectivity index (χ4v) is 3.36. The highest BCUT2D eigenvalue weighted by atomic mass is 32.3. The standard InChI is InChI=1S/C15H25N5O9S/c1-8(16-13(23)28-15(2,3)4)11(21)17-18-12(22)10-6-5-9-7-19(10)14(24)20(9)29-30(25,26)27/h8-10H,5-7H2,1-4H3,(H,16,23)(H,17,21)(H,18,22)(H,25,26,27)/t8-,9-,10+/m1/s1. The number of hydrogen-bond donors (Lipinski definition) is 4. The van der Waals surface area contributed by atoms with Crippen LogP contribution in [0.5, 0.6) is 0 Å². The summed E-state index contributed by atoms with van der Waals surface area (Å²) in [6.07, 6.45) is -0.397. The lowest BCUT2D eigenvalue weighted by molar-refractivity contribution is -0.132. The number of hydrazine groups is 1. The fraction of sp³-hybridized carbons (Fsp3) is 0.733. The van der Waals surface area contributed by atoms with Crippen molar-refractivity contribution in [1.29, 1.82) is 0 Å². The van der Waals surface area contributed by atoms with E-state index in [4.69, 9.17) is 9.29 Å². The van der Waals surface area contributed by atoms with Crippen LogP contribution in [-0.4, -0.2) is 77.1 Å². The first kappa shape index (κ1) is 23.6. The molecule has 2 rings (SSSR count). The molecule has 0 spiro atoms. The largest absolute Gasteiger partial charge is 0.444 e. The van der Waals surface area contributed by atoms with Crippen molar-refractivity contribution in [2.24, 2.45) is 0 Å². The first-order valence-corrected chi connectivity index (χ1v) is 10.4. The highest BCUT2D eigenvalue weighted by Crippen LogP contribution is 2.30. The van der Waals surface area contributed by atoms with E-state index >= 15 is 0 Å². The Kier molecular flexibility index (Phi) is 6.78. The molecule has 0 aromatic carbocycles. The van der Waals surface area contributed by atoms with Crippen LogP contribution in [0.15, 0.2) is 0 Å². The summed E-state index contributed by atoms with van der Waals surface area (Å²) in [5.74, 6) is -1.44. The number of urea groups is 1. The number of fused-ring (bicyclic) bond motifs is 2. The molecule has 2 fully saturated rings. The third-order valence-electron chi connectivity index (χ3n) is 4.24. The van der Waals surface area contributed by atoms with E-state index in [1.165, 1.54) is 6.92 Å². The number of alkyl carbamates (subject to hydrolysis) is 1. The van der Waals surface area contributed by atoms with Crippen molar-refractivity contribution in [3.63, 3.8) is 0 Å². The molecule has 14 nitrogen and oxygen atoms in total. The normalized spacial score (nSPS) is 22.4. The maximum atomic E-state index is 12.4. The summed E-state index contributed by atoms with van der Waals surface area (Å²) in [4.78, 5) is 49.5. The average Bonchev–Trinajstić information content (AvgIpc) is 2.81. The van der Waals surface area contributed by atoms with Gasteiger partial charge in [-0.2, -0.15) is 13.5 Å². The van der Waals surface area contributed by atoms with Crippen molar-refractivity contribution in [2.75, 3.05) is 6.54 Å². The number of nitrogens with zero attached hydrogens (tertiary/aromatic N) is 2. The molecule has 2 aliphatic rings. The summed E-state index contributed by atoms with van der Waals surface area (Å²) in [5.41, 5.74) is 3.56. The van der Waals surface area contributed by atoms with Gasteiger partial charge in [0.15, 0.2) is 0 Å². The van der Waals surface area contributed by atoms with Crippen LogP contribution in [0, 0.1) is 0 Å². The van der Waals surface area contributed by atoms with Crippen molar-refractivity contribution in [1.82, 2.24) is 26.1 Å². The molecule has 0 saturated carbocycles. The Bertz CT molecular complexity index is 825. The number of piperidine rings is 1. The molecule has 0 radical (unpaired) electrons. The van der Waals surface area contributed by atoms with Gasteiger partial charge < -0.3 is 15.0 Å². The van der Waals surface area contributed by atoms with Crippen LogP contribution < -0.4 is 16.2 Å². The van der Waals surface area contributed by atoms with Crippen LogP contribution in [-0.2, 0) is 29.0 Å². The molecule has 0 aliphatic carbocycles. The lowest BCUT2D eigenvalue weighted by Gasteiger charge is -2.29. The molecule has 170 valence electrons. The second kappa shape index (κ2) is 8.61. The van der Waals surface area contributed by atoms with E-state index in [0.29, 0.717) is 5.06 Å². The van der Waals surface area contributed by atoms with Gasteiger partial charge >= 0.3 is 22.5 Å². The van der Waals surface area contributed by atoms with E-state index in [1.807, 2.05) is 0 Å². The number of carbonyl (C=O) groups is 4. The van der Waals surface area contributed by atoms with Gasteiger partial charge in [0.05, 0.1) is 6.04 Å². The Balaban J connectivity index is 1.87. The van der Waals surface area contributed by atoms with Gasteiger partial charge in [0.2, 0.25) is 0 Å². The molecule has 2 bridgehead atoms. The van der Waals surface area contributed by atoms with E-state index in [1.54, 1.807) is 20.8 Å². The lowest BCUT2D eigenvalue weighted by atomic mass is 10.0. The Hall–Kier alpha value is -2.65. The molecule has 2 saturated heterocycles. The molecule has 4 N–H and O–H groups in total. The third kappa shape index (κ3) is 6.17. The first-order chi connectivity index (χ1) is 13.7. The summed E-state index contributed by atoms with van der Waals surface area (Å²) >= 11 is 0. The molecule has 2 aliphatic heterocycles. The number of ether oxygens (including phenoxy) is 1. The molecule has 2 heterocycles. The zero-order valence-electron chi connectivity index (χ0n) is 16.9. The van der Waals surface area contributed by atoms with Crippen LogP contribution >= 0.6 is 0 Å². The molecular weight excluding hydrogens is 426 g/mol. The highest BCUT2D eigenvalue weighted by molar-refractivity contribution is 7.80. The van der Waals surface area contributed by atoms with E-state index < -0.39 is 58.1 Å². The topological polar surface area (TPSA) is 184 Å². The Morgan fingerprint density at radius 2 is 1.83 bits per heavy atom. The maximum absolute atomic E-state index is 12.4. The second-order valence-electron chi connectivity index (χ2n) is 7.86. The number of rotatable bonds is 5. The SMILES string of the molecule is C[C@@H](NC(=O)OC(C)(C)C)C(=O)NNC(=O)[C@@H]1CC[C@@H]2CN1C(=O)N2OS(=O)(=O)O. The molecule has 0 aromatic rings. The minimum atomic E-state index is -4.89. The predicted molar refractivity (Wildman–Crippen MR) is 98.5 cm³/mol. The molecule has 5 amide bonds. The number of nitrogens with one attached hydrogen (secondary N) is 3. The summed E-state index contributed by atoms with van der Waals surface area (Å²) in [6.45, 7) is 6.37. The molecule has 0 unspecified atom stereocenters. The van der Waals surface area contributed by atoms with E-state index in [0.717, 1.165) is 4.90 Å². The molecule has 3 atom stereocenters. The zero-order valence-corrected chi connectivity index (χ0v) is 17.7. The van der Waals surface area contributed by atoms with E-state index in [2.05, 4.69) is 20.5 Å². The number of hydroxylamine groups is 2.